The average Bonchev–Trinajstić information content (AvgIpc) is 3.22. The van der Waals surface area contributed by atoms with E-state index in [1.807, 2.05) is 32.0 Å². The highest BCUT2D eigenvalue weighted by atomic mass is 35.5. The predicted octanol–water partition coefficient (Wildman–Crippen LogP) is 6.05. The summed E-state index contributed by atoms with van der Waals surface area (Å²) in [4.78, 5) is 38.8. The Bertz CT molecular complexity index is 1470. The minimum Gasteiger partial charge on any atom is -0.494 e. The molecule has 0 atom stereocenters. The van der Waals surface area contributed by atoms with E-state index >= 15 is 0 Å². The third-order valence-electron chi connectivity index (χ3n) is 5.77. The summed E-state index contributed by atoms with van der Waals surface area (Å²) in [5.74, 6) is -1.61. The number of aryl methyl sites for hydroxylation is 2. The Hall–Kier alpha value is -4.30. The molecule has 3 aromatic carbocycles. The number of unbranched alkanes of at least 4 members (excludes halogenated alkanes) is 1. The topological polar surface area (TPSA) is 101 Å². The molecule has 38 heavy (non-hydrogen) atoms. The van der Waals surface area contributed by atoms with Crippen molar-refractivity contribution in [2.24, 2.45) is 0 Å². The molecule has 3 amide bonds. The third kappa shape index (κ3) is 6.52. The molecule has 0 unspecified atom stereocenters. The standard InChI is InChI=1S/C29H29ClN4O4/c1-4-5-12-38-24-9-7-22(8-10-24)31-28(36)29(37)33-34-25-11-6-21(30)16-20(25)17-26(34)27(35)32-23-14-18(2)13-19(3)15-23/h6-11,13-17H,4-5,12H2,1-3H3,(H,31,36)(H,32,35)(H,33,37). The second kappa shape index (κ2) is 11.8. The summed E-state index contributed by atoms with van der Waals surface area (Å²) in [7, 11) is 0. The first-order valence-corrected chi connectivity index (χ1v) is 12.7. The molecular weight excluding hydrogens is 504 g/mol. The monoisotopic (exact) mass is 532 g/mol. The molecule has 0 aliphatic carbocycles. The Morgan fingerprint density at radius 3 is 2.24 bits per heavy atom. The zero-order valence-corrected chi connectivity index (χ0v) is 22.2. The van der Waals surface area contributed by atoms with E-state index in [0.29, 0.717) is 39.7 Å². The van der Waals surface area contributed by atoms with E-state index in [0.717, 1.165) is 24.0 Å². The number of carbonyl (C=O) groups excluding carboxylic acids is 3. The van der Waals surface area contributed by atoms with Crippen LogP contribution in [0.5, 0.6) is 5.75 Å². The van der Waals surface area contributed by atoms with Gasteiger partial charge in [-0.05, 0) is 92.1 Å². The number of hydrogen-bond donors (Lipinski definition) is 3. The quantitative estimate of drug-likeness (QED) is 0.190. The molecule has 4 rings (SSSR count). The predicted molar refractivity (Wildman–Crippen MR) is 151 cm³/mol. The first-order chi connectivity index (χ1) is 18.2. The number of nitrogens with one attached hydrogen (secondary N) is 3. The van der Waals surface area contributed by atoms with Gasteiger partial charge in [-0.25, -0.2) is 4.68 Å². The van der Waals surface area contributed by atoms with Crippen LogP contribution in [0.4, 0.5) is 11.4 Å². The molecule has 196 valence electrons. The van der Waals surface area contributed by atoms with Gasteiger partial charge in [0.05, 0.1) is 12.1 Å². The van der Waals surface area contributed by atoms with Crippen molar-refractivity contribution < 1.29 is 19.1 Å². The van der Waals surface area contributed by atoms with Gasteiger partial charge in [-0.2, -0.15) is 0 Å². The highest BCUT2D eigenvalue weighted by molar-refractivity contribution is 6.42. The first kappa shape index (κ1) is 26.8. The number of aromatic nitrogens is 1. The molecule has 0 radical (unpaired) electrons. The van der Waals surface area contributed by atoms with E-state index in [4.69, 9.17) is 16.3 Å². The van der Waals surface area contributed by atoms with Crippen LogP contribution in [-0.2, 0) is 9.59 Å². The van der Waals surface area contributed by atoms with E-state index in [9.17, 15) is 14.4 Å². The zero-order chi connectivity index (χ0) is 27.2. The molecule has 0 fully saturated rings. The fourth-order valence-electron chi connectivity index (χ4n) is 4.02. The van der Waals surface area contributed by atoms with Crippen LogP contribution >= 0.6 is 11.6 Å². The zero-order valence-electron chi connectivity index (χ0n) is 21.4. The summed E-state index contributed by atoms with van der Waals surface area (Å²) in [5.41, 5.74) is 6.24. The van der Waals surface area contributed by atoms with Crippen LogP contribution in [0.1, 0.15) is 41.4 Å². The van der Waals surface area contributed by atoms with E-state index in [1.54, 1.807) is 48.5 Å². The van der Waals surface area contributed by atoms with Crippen LogP contribution in [0, 0.1) is 13.8 Å². The van der Waals surface area contributed by atoms with E-state index in [2.05, 4.69) is 23.0 Å². The number of hydrogen-bond acceptors (Lipinski definition) is 4. The number of anilines is 2. The Kier molecular flexibility index (Phi) is 8.33. The van der Waals surface area contributed by atoms with Gasteiger partial charge in [-0.15, -0.1) is 0 Å². The molecule has 1 heterocycles. The Balaban J connectivity index is 1.53. The summed E-state index contributed by atoms with van der Waals surface area (Å²) >= 11 is 6.15. The Morgan fingerprint density at radius 1 is 0.842 bits per heavy atom. The Morgan fingerprint density at radius 2 is 1.55 bits per heavy atom. The number of amides is 3. The summed E-state index contributed by atoms with van der Waals surface area (Å²) < 4.78 is 6.91. The summed E-state index contributed by atoms with van der Waals surface area (Å²) in [6.07, 6.45) is 1.98. The first-order valence-electron chi connectivity index (χ1n) is 12.3. The molecule has 9 heteroatoms. The molecule has 0 aliphatic heterocycles. The number of ether oxygens (including phenoxy) is 1. The number of fused-ring (bicyclic) bond motifs is 1. The van der Waals surface area contributed by atoms with Gasteiger partial charge < -0.3 is 15.4 Å². The van der Waals surface area contributed by atoms with Crippen molar-refractivity contribution in [2.75, 3.05) is 22.7 Å². The fourth-order valence-corrected chi connectivity index (χ4v) is 4.21. The molecule has 0 bridgehead atoms. The SMILES string of the molecule is CCCCOc1ccc(NC(=O)C(=O)Nn2c(C(=O)Nc3cc(C)cc(C)c3)cc3cc(Cl)ccc32)cc1. The lowest BCUT2D eigenvalue weighted by Gasteiger charge is -2.13. The molecule has 0 saturated heterocycles. The smallest absolute Gasteiger partial charge is 0.328 e. The van der Waals surface area contributed by atoms with Crippen molar-refractivity contribution >= 4 is 51.6 Å². The van der Waals surface area contributed by atoms with Gasteiger partial charge in [-0.1, -0.05) is 31.0 Å². The largest absolute Gasteiger partial charge is 0.494 e. The van der Waals surface area contributed by atoms with E-state index in [-0.39, 0.29) is 5.69 Å². The molecular formula is C29H29ClN4O4. The van der Waals surface area contributed by atoms with Crippen LogP contribution in [0.2, 0.25) is 5.02 Å². The van der Waals surface area contributed by atoms with Gasteiger partial charge in [0.15, 0.2) is 0 Å². The number of halogens is 1. The minimum absolute atomic E-state index is 0.135. The highest BCUT2D eigenvalue weighted by Crippen LogP contribution is 2.24. The van der Waals surface area contributed by atoms with Crippen LogP contribution in [0.25, 0.3) is 10.9 Å². The van der Waals surface area contributed by atoms with Gasteiger partial charge in [0.2, 0.25) is 0 Å². The summed E-state index contributed by atoms with van der Waals surface area (Å²) in [5, 5.41) is 6.53. The fraction of sp³-hybridized carbons (Fsp3) is 0.207. The van der Waals surface area contributed by atoms with Crippen LogP contribution in [0.3, 0.4) is 0 Å². The highest BCUT2D eigenvalue weighted by Gasteiger charge is 2.21. The molecule has 4 aromatic rings. The van der Waals surface area contributed by atoms with Crippen molar-refractivity contribution in [1.82, 2.24) is 4.68 Å². The van der Waals surface area contributed by atoms with Crippen LogP contribution in [-0.4, -0.2) is 29.0 Å². The number of benzene rings is 3. The van der Waals surface area contributed by atoms with E-state index in [1.165, 1.54) is 4.68 Å². The second-order valence-corrected chi connectivity index (χ2v) is 9.46. The Labute approximate surface area is 225 Å². The molecule has 0 spiro atoms. The lowest BCUT2D eigenvalue weighted by molar-refractivity contribution is -0.133. The summed E-state index contributed by atoms with van der Waals surface area (Å²) in [6, 6.07) is 19.0. The average molecular weight is 533 g/mol. The van der Waals surface area contributed by atoms with Crippen molar-refractivity contribution in [1.29, 1.82) is 0 Å². The van der Waals surface area contributed by atoms with Crippen molar-refractivity contribution in [3.8, 4) is 5.75 Å². The number of rotatable bonds is 8. The lowest BCUT2D eigenvalue weighted by atomic mass is 10.1. The number of carbonyl (C=O) groups is 3. The van der Waals surface area contributed by atoms with Crippen molar-refractivity contribution in [2.45, 2.75) is 33.6 Å². The van der Waals surface area contributed by atoms with Gasteiger partial charge >= 0.3 is 11.8 Å². The third-order valence-corrected chi connectivity index (χ3v) is 6.01. The van der Waals surface area contributed by atoms with Gasteiger partial charge in [0.25, 0.3) is 5.91 Å². The molecule has 0 aliphatic rings. The second-order valence-electron chi connectivity index (χ2n) is 9.02. The van der Waals surface area contributed by atoms with Gasteiger partial charge in [-0.3, -0.25) is 19.8 Å². The maximum absolute atomic E-state index is 13.3. The molecule has 1 aromatic heterocycles. The van der Waals surface area contributed by atoms with Gasteiger partial charge in [0.1, 0.15) is 11.4 Å². The van der Waals surface area contributed by atoms with Crippen molar-refractivity contribution in [3.05, 3.63) is 88.6 Å². The molecule has 8 nitrogen and oxygen atoms in total. The van der Waals surface area contributed by atoms with E-state index < -0.39 is 17.7 Å². The van der Waals surface area contributed by atoms with Gasteiger partial charge in [0, 0.05) is 21.8 Å². The normalized spacial score (nSPS) is 10.7. The van der Waals surface area contributed by atoms with Crippen molar-refractivity contribution in [3.63, 3.8) is 0 Å². The minimum atomic E-state index is -0.943. The summed E-state index contributed by atoms with van der Waals surface area (Å²) in [6.45, 7) is 6.57. The maximum atomic E-state index is 13.3. The molecule has 3 N–H and O–H groups in total. The van der Waals surface area contributed by atoms with Crippen LogP contribution < -0.4 is 20.8 Å². The lowest BCUT2D eigenvalue weighted by Crippen LogP contribution is -2.36. The molecule has 0 saturated carbocycles. The van der Waals surface area contributed by atoms with Crippen LogP contribution in [0.15, 0.2) is 66.7 Å². The number of nitrogens with zero attached hydrogens (tertiary/aromatic N) is 1. The maximum Gasteiger partial charge on any atom is 0.328 e.